The summed E-state index contributed by atoms with van der Waals surface area (Å²) in [5.41, 5.74) is 1.64. The Bertz CT molecular complexity index is 451. The number of nitrogens with zero attached hydrogens (tertiary/aromatic N) is 1. The Labute approximate surface area is 127 Å². The van der Waals surface area contributed by atoms with Gasteiger partial charge in [-0.2, -0.15) is 0 Å². The van der Waals surface area contributed by atoms with Gasteiger partial charge in [0.1, 0.15) is 0 Å². The molecule has 0 aromatic heterocycles. The number of benzene rings is 1. The molecule has 2 fully saturated rings. The molecule has 3 nitrogen and oxygen atoms in total. The van der Waals surface area contributed by atoms with Crippen LogP contribution in [0.4, 0.5) is 0 Å². The zero-order chi connectivity index (χ0) is 13.3. The number of carbonyl (C=O) groups excluding carboxylic acids is 1. The highest BCUT2D eigenvalue weighted by Gasteiger charge is 2.36. The van der Waals surface area contributed by atoms with Crippen molar-refractivity contribution in [3.8, 4) is 0 Å². The van der Waals surface area contributed by atoms with Gasteiger partial charge >= 0.3 is 0 Å². The van der Waals surface area contributed by atoms with Crippen molar-refractivity contribution in [2.45, 2.75) is 25.2 Å². The van der Waals surface area contributed by atoms with Crippen molar-refractivity contribution in [1.82, 2.24) is 10.2 Å². The Morgan fingerprint density at radius 2 is 1.80 bits per heavy atom. The number of amides is 1. The van der Waals surface area contributed by atoms with Crippen molar-refractivity contribution < 1.29 is 4.79 Å². The summed E-state index contributed by atoms with van der Waals surface area (Å²) in [6.07, 6.45) is 2.14. The lowest BCUT2D eigenvalue weighted by atomic mass is 9.74. The Morgan fingerprint density at radius 3 is 2.30 bits per heavy atom. The zero-order valence-corrected chi connectivity index (χ0v) is 12.8. The van der Waals surface area contributed by atoms with Gasteiger partial charge in [0.15, 0.2) is 0 Å². The predicted molar refractivity (Wildman–Crippen MR) is 83.2 cm³/mol. The van der Waals surface area contributed by atoms with Crippen LogP contribution in [0.3, 0.4) is 0 Å². The fraction of sp³-hybridized carbons (Fsp3) is 0.562. The predicted octanol–water partition coefficient (Wildman–Crippen LogP) is 2.21. The van der Waals surface area contributed by atoms with Crippen molar-refractivity contribution in [1.29, 1.82) is 0 Å². The number of hydrogen-bond acceptors (Lipinski definition) is 2. The average Bonchev–Trinajstić information content (AvgIpc) is 2.38. The van der Waals surface area contributed by atoms with Crippen molar-refractivity contribution in [2.24, 2.45) is 5.92 Å². The van der Waals surface area contributed by atoms with E-state index in [1.54, 1.807) is 0 Å². The van der Waals surface area contributed by atoms with E-state index in [2.05, 4.69) is 47.5 Å². The first-order valence-electron chi connectivity index (χ1n) is 7.24. The molecule has 0 unspecified atom stereocenters. The number of carbonyl (C=O) groups is 1. The first kappa shape index (κ1) is 15.3. The molecule has 1 N–H and O–H groups in total. The summed E-state index contributed by atoms with van der Waals surface area (Å²) in [4.78, 5) is 14.3. The van der Waals surface area contributed by atoms with Crippen molar-refractivity contribution in [3.05, 3.63) is 35.9 Å². The van der Waals surface area contributed by atoms with Crippen LogP contribution in [-0.2, 0) is 10.2 Å². The third-order valence-electron chi connectivity index (χ3n) is 4.78. The summed E-state index contributed by atoms with van der Waals surface area (Å²) in [7, 11) is 0. The zero-order valence-electron chi connectivity index (χ0n) is 12.0. The lowest BCUT2D eigenvalue weighted by Gasteiger charge is -2.42. The summed E-state index contributed by atoms with van der Waals surface area (Å²) in [5.74, 6) is 0.593. The molecule has 2 aliphatic rings. The molecule has 0 radical (unpaired) electrons. The van der Waals surface area contributed by atoms with Crippen LogP contribution < -0.4 is 5.32 Å². The van der Waals surface area contributed by atoms with Gasteiger partial charge in [-0.1, -0.05) is 37.3 Å². The van der Waals surface area contributed by atoms with E-state index in [1.807, 2.05) is 0 Å². The van der Waals surface area contributed by atoms with E-state index >= 15 is 0 Å². The number of likely N-dealkylation sites (tertiary alicyclic amines) is 1. The van der Waals surface area contributed by atoms with Gasteiger partial charge < -0.3 is 10.2 Å². The third-order valence-corrected chi connectivity index (χ3v) is 4.78. The summed E-state index contributed by atoms with van der Waals surface area (Å²) in [6, 6.07) is 10.7. The van der Waals surface area contributed by atoms with Crippen LogP contribution in [0.1, 0.15) is 25.3 Å². The lowest BCUT2D eigenvalue weighted by molar-refractivity contribution is -0.138. The van der Waals surface area contributed by atoms with Gasteiger partial charge in [-0.25, -0.2) is 0 Å². The van der Waals surface area contributed by atoms with Crippen molar-refractivity contribution in [3.63, 3.8) is 0 Å². The second kappa shape index (κ2) is 6.15. The van der Waals surface area contributed by atoms with Gasteiger partial charge in [-0.15, -0.1) is 12.4 Å². The molecule has 3 rings (SSSR count). The maximum absolute atomic E-state index is 12.2. The van der Waals surface area contributed by atoms with Crippen LogP contribution in [0.5, 0.6) is 0 Å². The van der Waals surface area contributed by atoms with E-state index < -0.39 is 0 Å². The molecular formula is C16H23ClN2O. The first-order chi connectivity index (χ1) is 9.19. The molecular weight excluding hydrogens is 272 g/mol. The molecule has 4 heteroatoms. The second-order valence-electron chi connectivity index (χ2n) is 6.11. The Kier molecular flexibility index (Phi) is 4.71. The quantitative estimate of drug-likeness (QED) is 0.907. The minimum Gasteiger partial charge on any atom is -0.342 e. The molecule has 1 aromatic carbocycles. The van der Waals surface area contributed by atoms with Gasteiger partial charge in [-0.3, -0.25) is 4.79 Å². The summed E-state index contributed by atoms with van der Waals surface area (Å²) in [5, 5.41) is 3.18. The molecule has 0 aliphatic carbocycles. The molecule has 0 spiro atoms. The van der Waals surface area contributed by atoms with Gasteiger partial charge in [0.2, 0.25) is 5.91 Å². The Morgan fingerprint density at radius 1 is 1.20 bits per heavy atom. The summed E-state index contributed by atoms with van der Waals surface area (Å²) in [6.45, 7) is 5.87. The SMILES string of the molecule is CC1(c2ccccc2)CCN(C(=O)C2CNC2)CC1.Cl. The average molecular weight is 295 g/mol. The Hall–Kier alpha value is -1.06. The molecule has 110 valence electrons. The van der Waals surface area contributed by atoms with E-state index in [9.17, 15) is 4.79 Å². The van der Waals surface area contributed by atoms with Crippen molar-refractivity contribution in [2.75, 3.05) is 26.2 Å². The molecule has 20 heavy (non-hydrogen) atoms. The van der Waals surface area contributed by atoms with Gasteiger partial charge in [0.25, 0.3) is 0 Å². The van der Waals surface area contributed by atoms with Gasteiger partial charge in [-0.05, 0) is 23.8 Å². The number of halogens is 1. The highest BCUT2D eigenvalue weighted by atomic mass is 35.5. The maximum Gasteiger partial charge on any atom is 0.228 e. The monoisotopic (exact) mass is 294 g/mol. The van der Waals surface area contributed by atoms with E-state index in [1.165, 1.54) is 5.56 Å². The summed E-state index contributed by atoms with van der Waals surface area (Å²) < 4.78 is 0. The molecule has 2 heterocycles. The van der Waals surface area contributed by atoms with E-state index in [0.29, 0.717) is 5.91 Å². The molecule has 2 aliphatic heterocycles. The highest BCUT2D eigenvalue weighted by molar-refractivity contribution is 5.85. The van der Waals surface area contributed by atoms with Gasteiger partial charge in [0, 0.05) is 26.2 Å². The van der Waals surface area contributed by atoms with E-state index in [0.717, 1.165) is 39.0 Å². The normalized spacial score (nSPS) is 21.8. The lowest BCUT2D eigenvalue weighted by Crippen LogP contribution is -2.54. The van der Waals surface area contributed by atoms with Crippen LogP contribution in [-0.4, -0.2) is 37.0 Å². The molecule has 0 bridgehead atoms. The largest absolute Gasteiger partial charge is 0.342 e. The number of hydrogen-bond donors (Lipinski definition) is 1. The molecule has 0 saturated carbocycles. The first-order valence-corrected chi connectivity index (χ1v) is 7.24. The molecule has 1 aromatic rings. The van der Waals surface area contributed by atoms with Crippen LogP contribution >= 0.6 is 12.4 Å². The number of rotatable bonds is 2. The van der Waals surface area contributed by atoms with Gasteiger partial charge in [0.05, 0.1) is 5.92 Å². The fourth-order valence-corrected chi connectivity index (χ4v) is 3.07. The van der Waals surface area contributed by atoms with Crippen LogP contribution in [0, 0.1) is 5.92 Å². The Balaban J connectivity index is 0.00000147. The standard InChI is InChI=1S/C16H22N2O.ClH/c1-16(14-5-3-2-4-6-14)7-9-18(10-8-16)15(19)13-11-17-12-13;/h2-6,13,17H,7-12H2,1H3;1H. The molecule has 2 saturated heterocycles. The second-order valence-corrected chi connectivity index (χ2v) is 6.11. The third kappa shape index (κ3) is 2.84. The maximum atomic E-state index is 12.2. The topological polar surface area (TPSA) is 32.3 Å². The number of nitrogens with one attached hydrogen (secondary N) is 1. The van der Waals surface area contributed by atoms with Crippen LogP contribution in [0.15, 0.2) is 30.3 Å². The minimum absolute atomic E-state index is 0. The smallest absolute Gasteiger partial charge is 0.228 e. The van der Waals surface area contributed by atoms with Crippen LogP contribution in [0.2, 0.25) is 0 Å². The number of piperidine rings is 1. The fourth-order valence-electron chi connectivity index (χ4n) is 3.07. The minimum atomic E-state index is 0. The highest BCUT2D eigenvalue weighted by Crippen LogP contribution is 2.35. The van der Waals surface area contributed by atoms with Crippen LogP contribution in [0.25, 0.3) is 0 Å². The van der Waals surface area contributed by atoms with E-state index in [4.69, 9.17) is 0 Å². The summed E-state index contributed by atoms with van der Waals surface area (Å²) >= 11 is 0. The molecule has 0 atom stereocenters. The molecule has 1 amide bonds. The van der Waals surface area contributed by atoms with E-state index in [-0.39, 0.29) is 23.7 Å². The van der Waals surface area contributed by atoms with Crippen molar-refractivity contribution >= 4 is 18.3 Å².